The Bertz CT molecular complexity index is 336. The van der Waals surface area contributed by atoms with E-state index in [1.165, 1.54) is 5.69 Å². The molecule has 0 saturated carbocycles. The summed E-state index contributed by atoms with van der Waals surface area (Å²) in [5, 5.41) is 9.58. The van der Waals surface area contributed by atoms with Crippen LogP contribution in [0.4, 0.5) is 5.69 Å². The monoisotopic (exact) mass is 220 g/mol. The van der Waals surface area contributed by atoms with Gasteiger partial charge in [0.05, 0.1) is 18.0 Å². The standard InChI is InChI=1S/C13H20N2O/c1-3-11-4-5-12(9-14-11)15-7-6-13(16)8-10(15)2/h4-5,9-10,13,16H,3,6-8H2,1-2H3/t10-,13-/m1/s1. The van der Waals surface area contributed by atoms with Gasteiger partial charge in [-0.15, -0.1) is 0 Å². The lowest BCUT2D eigenvalue weighted by molar-refractivity contribution is 0.131. The zero-order valence-electron chi connectivity index (χ0n) is 10.1. The third-order valence-corrected chi connectivity index (χ3v) is 3.35. The van der Waals surface area contributed by atoms with Gasteiger partial charge < -0.3 is 10.0 Å². The Morgan fingerprint density at radius 1 is 1.50 bits per heavy atom. The SMILES string of the molecule is CCc1ccc(N2CC[C@@H](O)C[C@H]2C)cn1. The van der Waals surface area contributed by atoms with Gasteiger partial charge in [-0.1, -0.05) is 6.92 Å². The van der Waals surface area contributed by atoms with Crippen molar-refractivity contribution in [2.24, 2.45) is 0 Å². The first-order valence-electron chi connectivity index (χ1n) is 6.10. The van der Waals surface area contributed by atoms with Crippen LogP contribution in [-0.2, 0) is 6.42 Å². The summed E-state index contributed by atoms with van der Waals surface area (Å²) in [7, 11) is 0. The first-order chi connectivity index (χ1) is 7.70. The highest BCUT2D eigenvalue weighted by atomic mass is 16.3. The first kappa shape index (κ1) is 11.4. The van der Waals surface area contributed by atoms with Gasteiger partial charge in [0.1, 0.15) is 0 Å². The van der Waals surface area contributed by atoms with E-state index in [0.717, 1.165) is 31.5 Å². The predicted octanol–water partition coefficient (Wildman–Crippen LogP) is 1.99. The zero-order chi connectivity index (χ0) is 11.5. The Kier molecular flexibility index (Phi) is 3.44. The van der Waals surface area contributed by atoms with Gasteiger partial charge in [-0.2, -0.15) is 0 Å². The second kappa shape index (κ2) is 4.83. The molecule has 0 amide bonds. The van der Waals surface area contributed by atoms with Gasteiger partial charge in [-0.3, -0.25) is 4.98 Å². The van der Waals surface area contributed by atoms with E-state index in [9.17, 15) is 5.11 Å². The van der Waals surface area contributed by atoms with Crippen molar-refractivity contribution in [3.63, 3.8) is 0 Å². The fourth-order valence-corrected chi connectivity index (χ4v) is 2.33. The minimum absolute atomic E-state index is 0.130. The van der Waals surface area contributed by atoms with Crippen molar-refractivity contribution in [2.45, 2.75) is 45.3 Å². The molecule has 1 aliphatic rings. The fraction of sp³-hybridized carbons (Fsp3) is 0.615. The van der Waals surface area contributed by atoms with E-state index >= 15 is 0 Å². The molecule has 1 fully saturated rings. The summed E-state index contributed by atoms with van der Waals surface area (Å²) < 4.78 is 0. The van der Waals surface area contributed by atoms with Crippen LogP contribution >= 0.6 is 0 Å². The van der Waals surface area contributed by atoms with Gasteiger partial charge in [0.25, 0.3) is 0 Å². The largest absolute Gasteiger partial charge is 0.393 e. The summed E-state index contributed by atoms with van der Waals surface area (Å²) in [6.07, 6.45) is 4.52. The fourth-order valence-electron chi connectivity index (χ4n) is 2.33. The number of hydrogen-bond donors (Lipinski definition) is 1. The number of pyridine rings is 1. The van der Waals surface area contributed by atoms with Gasteiger partial charge in [0, 0.05) is 18.3 Å². The lowest BCUT2D eigenvalue weighted by Gasteiger charge is -2.37. The summed E-state index contributed by atoms with van der Waals surface area (Å²) >= 11 is 0. The Morgan fingerprint density at radius 3 is 2.88 bits per heavy atom. The van der Waals surface area contributed by atoms with E-state index < -0.39 is 0 Å². The molecule has 1 N–H and O–H groups in total. The number of aromatic nitrogens is 1. The molecule has 16 heavy (non-hydrogen) atoms. The van der Waals surface area contributed by atoms with Crippen molar-refractivity contribution in [2.75, 3.05) is 11.4 Å². The summed E-state index contributed by atoms with van der Waals surface area (Å²) in [6.45, 7) is 5.20. The van der Waals surface area contributed by atoms with E-state index in [1.54, 1.807) is 0 Å². The van der Waals surface area contributed by atoms with Crippen LogP contribution in [0, 0.1) is 0 Å². The van der Waals surface area contributed by atoms with Gasteiger partial charge >= 0.3 is 0 Å². The van der Waals surface area contributed by atoms with Crippen LogP contribution in [0.15, 0.2) is 18.3 Å². The second-order valence-corrected chi connectivity index (χ2v) is 4.58. The molecular weight excluding hydrogens is 200 g/mol. The van der Waals surface area contributed by atoms with Crippen LogP contribution in [0.2, 0.25) is 0 Å². The third kappa shape index (κ3) is 2.35. The maximum Gasteiger partial charge on any atom is 0.0576 e. The molecule has 1 aromatic rings. The normalized spacial score (nSPS) is 25.8. The predicted molar refractivity (Wildman–Crippen MR) is 65.7 cm³/mol. The molecule has 2 atom stereocenters. The van der Waals surface area contributed by atoms with Crippen molar-refractivity contribution in [3.8, 4) is 0 Å². The molecular formula is C13H20N2O. The van der Waals surface area contributed by atoms with E-state index in [2.05, 4.69) is 35.9 Å². The number of piperidine rings is 1. The average molecular weight is 220 g/mol. The highest BCUT2D eigenvalue weighted by Crippen LogP contribution is 2.24. The van der Waals surface area contributed by atoms with E-state index in [4.69, 9.17) is 0 Å². The zero-order valence-corrected chi connectivity index (χ0v) is 10.1. The topological polar surface area (TPSA) is 36.4 Å². The van der Waals surface area contributed by atoms with Crippen molar-refractivity contribution in [1.29, 1.82) is 0 Å². The molecule has 0 aromatic carbocycles. The lowest BCUT2D eigenvalue weighted by Crippen LogP contribution is -2.42. The molecule has 2 heterocycles. The van der Waals surface area contributed by atoms with Crippen molar-refractivity contribution in [1.82, 2.24) is 4.98 Å². The summed E-state index contributed by atoms with van der Waals surface area (Å²) in [5.74, 6) is 0. The number of aliphatic hydroxyl groups excluding tert-OH is 1. The molecule has 0 spiro atoms. The molecule has 2 rings (SSSR count). The summed E-state index contributed by atoms with van der Waals surface area (Å²) in [4.78, 5) is 6.75. The van der Waals surface area contributed by atoms with Gasteiger partial charge in [-0.25, -0.2) is 0 Å². The minimum Gasteiger partial charge on any atom is -0.393 e. The molecule has 1 aliphatic heterocycles. The van der Waals surface area contributed by atoms with Crippen LogP contribution in [-0.4, -0.2) is 28.8 Å². The first-order valence-corrected chi connectivity index (χ1v) is 6.10. The molecule has 0 bridgehead atoms. The van der Waals surface area contributed by atoms with Crippen LogP contribution in [0.1, 0.15) is 32.4 Å². The summed E-state index contributed by atoms with van der Waals surface area (Å²) in [5.41, 5.74) is 2.31. The number of aliphatic hydroxyl groups is 1. The maximum atomic E-state index is 9.58. The molecule has 88 valence electrons. The van der Waals surface area contributed by atoms with Crippen molar-refractivity contribution < 1.29 is 5.11 Å². The third-order valence-electron chi connectivity index (χ3n) is 3.35. The van der Waals surface area contributed by atoms with E-state index in [-0.39, 0.29) is 6.10 Å². The average Bonchev–Trinajstić information content (AvgIpc) is 2.29. The lowest BCUT2D eigenvalue weighted by atomic mass is 10.0. The molecule has 0 aliphatic carbocycles. The molecule has 1 aromatic heterocycles. The molecule has 0 unspecified atom stereocenters. The Hall–Kier alpha value is -1.09. The number of nitrogens with zero attached hydrogens (tertiary/aromatic N) is 2. The highest BCUT2D eigenvalue weighted by molar-refractivity contribution is 5.46. The molecule has 3 nitrogen and oxygen atoms in total. The Morgan fingerprint density at radius 2 is 2.31 bits per heavy atom. The Labute approximate surface area is 97.1 Å². The van der Waals surface area contributed by atoms with E-state index in [1.807, 2.05) is 6.20 Å². The van der Waals surface area contributed by atoms with Crippen LogP contribution in [0.25, 0.3) is 0 Å². The molecule has 1 saturated heterocycles. The van der Waals surface area contributed by atoms with Crippen molar-refractivity contribution in [3.05, 3.63) is 24.0 Å². The number of rotatable bonds is 2. The van der Waals surface area contributed by atoms with Crippen LogP contribution < -0.4 is 4.90 Å². The van der Waals surface area contributed by atoms with Crippen molar-refractivity contribution >= 4 is 5.69 Å². The molecule has 0 radical (unpaired) electrons. The van der Waals surface area contributed by atoms with Gasteiger partial charge in [0.2, 0.25) is 0 Å². The quantitative estimate of drug-likeness (QED) is 0.828. The number of anilines is 1. The highest BCUT2D eigenvalue weighted by Gasteiger charge is 2.24. The van der Waals surface area contributed by atoms with Crippen LogP contribution in [0.3, 0.4) is 0 Å². The second-order valence-electron chi connectivity index (χ2n) is 4.58. The van der Waals surface area contributed by atoms with Gasteiger partial charge in [-0.05, 0) is 38.3 Å². The Balaban J connectivity index is 2.11. The maximum absolute atomic E-state index is 9.58. The number of aryl methyl sites for hydroxylation is 1. The van der Waals surface area contributed by atoms with Gasteiger partial charge in [0.15, 0.2) is 0 Å². The summed E-state index contributed by atoms with van der Waals surface area (Å²) in [6, 6.07) is 4.63. The van der Waals surface area contributed by atoms with Crippen LogP contribution in [0.5, 0.6) is 0 Å². The smallest absolute Gasteiger partial charge is 0.0576 e. The van der Waals surface area contributed by atoms with E-state index in [0.29, 0.717) is 6.04 Å². The number of hydrogen-bond acceptors (Lipinski definition) is 3. The molecule has 3 heteroatoms. The minimum atomic E-state index is -0.130.